The summed E-state index contributed by atoms with van der Waals surface area (Å²) in [6, 6.07) is -3.83. The quantitative estimate of drug-likeness (QED) is 0.252. The van der Waals surface area contributed by atoms with Crippen molar-refractivity contribution in [2.24, 2.45) is 5.92 Å². The van der Waals surface area contributed by atoms with Crippen molar-refractivity contribution < 1.29 is 60.3 Å². The lowest BCUT2D eigenvalue weighted by molar-refractivity contribution is -0.282. The number of halogens is 7. The molecule has 358 valence electrons. The molecular formula is C42H58Cl2F5N7O8. The van der Waals surface area contributed by atoms with E-state index in [1.807, 2.05) is 0 Å². The molecule has 0 spiro atoms. The van der Waals surface area contributed by atoms with Gasteiger partial charge in [0.05, 0.1) is 6.54 Å². The van der Waals surface area contributed by atoms with Crippen LogP contribution in [0.15, 0.2) is 18.2 Å². The van der Waals surface area contributed by atoms with Crippen molar-refractivity contribution >= 4 is 64.6 Å². The minimum atomic E-state index is -5.28. The Bertz CT molecular complexity index is 1900. The van der Waals surface area contributed by atoms with Crippen LogP contribution in [0.3, 0.4) is 0 Å². The van der Waals surface area contributed by atoms with Gasteiger partial charge >= 0.3 is 6.18 Å². The molecule has 15 nitrogen and oxygen atoms in total. The average molecular weight is 955 g/mol. The summed E-state index contributed by atoms with van der Waals surface area (Å²) in [5.41, 5.74) is -3.00. The van der Waals surface area contributed by atoms with Gasteiger partial charge in [-0.15, -0.1) is 0 Å². The molecule has 0 aromatic heterocycles. The summed E-state index contributed by atoms with van der Waals surface area (Å²) < 4.78 is 77.9. The van der Waals surface area contributed by atoms with Crippen LogP contribution < -0.4 is 21.3 Å². The highest BCUT2D eigenvalue weighted by atomic mass is 35.5. The molecule has 4 rings (SSSR count). The van der Waals surface area contributed by atoms with Crippen molar-refractivity contribution in [2.75, 3.05) is 33.8 Å². The van der Waals surface area contributed by atoms with Crippen molar-refractivity contribution in [2.45, 2.75) is 146 Å². The second-order valence-electron chi connectivity index (χ2n) is 17.2. The van der Waals surface area contributed by atoms with E-state index in [0.717, 1.165) is 9.80 Å². The molecule has 4 N–H and O–H groups in total. The number of amides is 7. The molecule has 3 aliphatic heterocycles. The maximum absolute atomic E-state index is 14.9. The first-order valence-corrected chi connectivity index (χ1v) is 22.1. The highest BCUT2D eigenvalue weighted by Gasteiger charge is 2.66. The molecule has 3 fully saturated rings. The number of nitrogens with one attached hydrogen (secondary N) is 4. The molecule has 0 aliphatic carbocycles. The number of nitrogens with zero attached hydrogens (tertiary/aromatic N) is 3. The number of ether oxygens (including phenoxy) is 1. The van der Waals surface area contributed by atoms with Gasteiger partial charge < -0.3 is 40.7 Å². The summed E-state index contributed by atoms with van der Waals surface area (Å²) in [5.74, 6) is -10.6. The van der Waals surface area contributed by atoms with E-state index in [4.69, 9.17) is 27.9 Å². The smallest absolute Gasteiger partial charge is 0.357 e. The van der Waals surface area contributed by atoms with E-state index in [1.165, 1.54) is 40.1 Å². The summed E-state index contributed by atoms with van der Waals surface area (Å²) in [4.78, 5) is 99.4. The van der Waals surface area contributed by atoms with Crippen LogP contribution in [0.2, 0.25) is 10.0 Å². The molecule has 3 saturated heterocycles. The highest BCUT2D eigenvalue weighted by molar-refractivity contribution is 6.33. The number of alkyl halides is 5. The number of rotatable bonds is 10. The summed E-state index contributed by atoms with van der Waals surface area (Å²) in [7, 11) is 2.62. The van der Waals surface area contributed by atoms with Gasteiger partial charge in [0.25, 0.3) is 11.8 Å². The topological polar surface area (TPSA) is 187 Å². The van der Waals surface area contributed by atoms with Gasteiger partial charge in [-0.1, -0.05) is 44.0 Å². The fourth-order valence-electron chi connectivity index (χ4n) is 8.19. The third kappa shape index (κ3) is 12.5. The van der Waals surface area contributed by atoms with Gasteiger partial charge in [-0.3, -0.25) is 33.6 Å². The Balaban J connectivity index is 1.63. The second kappa shape index (κ2) is 21.8. The van der Waals surface area contributed by atoms with Crippen LogP contribution in [-0.2, 0) is 44.7 Å². The minimum Gasteiger partial charge on any atom is -0.357 e. The Morgan fingerprint density at radius 2 is 1.70 bits per heavy atom. The molecule has 0 bridgehead atoms. The number of hydrogen-bond acceptors (Lipinski definition) is 8. The zero-order valence-corrected chi connectivity index (χ0v) is 38.2. The predicted octanol–water partition coefficient (Wildman–Crippen LogP) is 4.16. The fraction of sp³-hybridized carbons (Fsp3) is 0.690. The van der Waals surface area contributed by atoms with Gasteiger partial charge in [-0.05, 0) is 88.0 Å². The molecule has 0 saturated carbocycles. The third-order valence-electron chi connectivity index (χ3n) is 11.9. The van der Waals surface area contributed by atoms with E-state index >= 15 is 0 Å². The summed E-state index contributed by atoms with van der Waals surface area (Å²) in [5, 5.41) is 11.0. The molecule has 1 unspecified atom stereocenters. The lowest BCUT2D eigenvalue weighted by Crippen LogP contribution is -2.63. The van der Waals surface area contributed by atoms with Gasteiger partial charge in [0, 0.05) is 50.1 Å². The fourth-order valence-corrected chi connectivity index (χ4v) is 8.58. The number of likely N-dealkylation sites (N-methyl/N-ethyl adjacent to an activating group) is 2. The van der Waals surface area contributed by atoms with Crippen LogP contribution in [0.4, 0.5) is 22.0 Å². The standard InChI is InChI=1S/C42H58Cl2F5N7O8/c1-7-28(52-36(60)32-21-40(45,46)22-56(32)39(63)41(42(47,48)49)15-9-11-17-64-41)37(61)54(5)30-12-8-10-16-50-33(57)24(4)51-35(59)31(20-25-19-26(43)13-14-27(25)44)55(6)38(62)29(18-23(2)3)53-34(30)58/h13-14,19,23-24,28-32H,7-12,15-18,20-22H2,1-6H3,(H,50,57)(H,51,59)(H,52,60)(H,53,58)/t24-,28+,29+,30+,31+,32+,41?/m1/s1. The Morgan fingerprint density at radius 3 is 2.31 bits per heavy atom. The second-order valence-corrected chi connectivity index (χ2v) is 18.0. The SMILES string of the molecule is CC[C@H](NC(=O)[C@@H]1CC(F)(F)CN1C(=O)C1(C(F)(F)F)CCCCO1)C(=O)N(C)[C@H]1CCCCNC(=O)[C@@H](C)NC(=O)[C@H](Cc2cc(Cl)ccc2Cl)N(C)C(=O)[C@H](CC(C)C)NC1=O. The molecular weight excluding hydrogens is 896 g/mol. The van der Waals surface area contributed by atoms with Gasteiger partial charge in [-0.2, -0.15) is 13.2 Å². The zero-order chi connectivity index (χ0) is 47.9. The molecule has 3 heterocycles. The van der Waals surface area contributed by atoms with E-state index in [1.54, 1.807) is 19.9 Å². The van der Waals surface area contributed by atoms with Crippen LogP contribution in [0, 0.1) is 5.92 Å². The summed E-state index contributed by atoms with van der Waals surface area (Å²) in [6.45, 7) is 4.72. The first-order valence-electron chi connectivity index (χ1n) is 21.4. The molecule has 3 aliphatic rings. The molecule has 7 amide bonds. The van der Waals surface area contributed by atoms with Crippen molar-refractivity contribution in [3.8, 4) is 0 Å². The van der Waals surface area contributed by atoms with E-state index in [-0.39, 0.29) is 67.3 Å². The number of likely N-dealkylation sites (tertiary alicyclic amines) is 1. The summed E-state index contributed by atoms with van der Waals surface area (Å²) in [6.07, 6.45) is -6.99. The minimum absolute atomic E-state index is 0.0222. The van der Waals surface area contributed by atoms with Crippen LogP contribution in [-0.4, -0.2) is 144 Å². The van der Waals surface area contributed by atoms with Gasteiger partial charge in [0.1, 0.15) is 36.3 Å². The highest BCUT2D eigenvalue weighted by Crippen LogP contribution is 2.44. The number of carbonyl (C=O) groups is 7. The maximum atomic E-state index is 14.9. The number of hydrogen-bond donors (Lipinski definition) is 4. The van der Waals surface area contributed by atoms with Crippen molar-refractivity contribution in [1.29, 1.82) is 0 Å². The Morgan fingerprint density at radius 1 is 1.02 bits per heavy atom. The van der Waals surface area contributed by atoms with Gasteiger partial charge in [0.15, 0.2) is 0 Å². The van der Waals surface area contributed by atoms with Crippen molar-refractivity contribution in [3.05, 3.63) is 33.8 Å². The van der Waals surface area contributed by atoms with E-state index < -0.39 is 121 Å². The number of benzene rings is 1. The lowest BCUT2D eigenvalue weighted by Gasteiger charge is -2.40. The van der Waals surface area contributed by atoms with Crippen LogP contribution in [0.25, 0.3) is 0 Å². The molecule has 64 heavy (non-hydrogen) atoms. The average Bonchev–Trinajstić information content (AvgIpc) is 3.56. The first-order chi connectivity index (χ1) is 29.8. The predicted molar refractivity (Wildman–Crippen MR) is 225 cm³/mol. The largest absolute Gasteiger partial charge is 0.426 e. The van der Waals surface area contributed by atoms with Crippen molar-refractivity contribution in [3.63, 3.8) is 0 Å². The Labute approximate surface area is 379 Å². The molecule has 1 aromatic carbocycles. The van der Waals surface area contributed by atoms with E-state index in [9.17, 15) is 55.5 Å². The van der Waals surface area contributed by atoms with Crippen molar-refractivity contribution in [1.82, 2.24) is 36.0 Å². The van der Waals surface area contributed by atoms with Crippen LogP contribution in [0.1, 0.15) is 91.0 Å². The van der Waals surface area contributed by atoms with Gasteiger partial charge in [0.2, 0.25) is 41.0 Å². The first kappa shape index (κ1) is 52.3. The van der Waals surface area contributed by atoms with E-state index in [0.29, 0.717) is 17.0 Å². The summed E-state index contributed by atoms with van der Waals surface area (Å²) >= 11 is 12.7. The maximum Gasteiger partial charge on any atom is 0.426 e. The van der Waals surface area contributed by atoms with E-state index in [2.05, 4.69) is 21.3 Å². The Kier molecular flexibility index (Phi) is 17.8. The number of carbonyl (C=O) groups excluding carboxylic acids is 7. The molecule has 7 atom stereocenters. The molecule has 1 aromatic rings. The van der Waals surface area contributed by atoms with Crippen LogP contribution >= 0.6 is 23.2 Å². The van der Waals surface area contributed by atoms with Gasteiger partial charge in [-0.25, -0.2) is 8.78 Å². The zero-order valence-electron chi connectivity index (χ0n) is 36.7. The normalized spacial score (nSPS) is 27.1. The monoisotopic (exact) mass is 953 g/mol. The van der Waals surface area contributed by atoms with Crippen LogP contribution in [0.5, 0.6) is 0 Å². The Hall–Kier alpha value is -4.30. The molecule has 0 radical (unpaired) electrons. The third-order valence-corrected chi connectivity index (χ3v) is 12.5. The lowest BCUT2D eigenvalue weighted by atomic mass is 9.91. The molecule has 22 heteroatoms.